The highest BCUT2D eigenvalue weighted by Gasteiger charge is 2.22. The van der Waals surface area contributed by atoms with E-state index in [4.69, 9.17) is 16.3 Å². The van der Waals surface area contributed by atoms with E-state index in [9.17, 15) is 9.59 Å². The summed E-state index contributed by atoms with van der Waals surface area (Å²) < 4.78 is 5.88. The number of esters is 1. The summed E-state index contributed by atoms with van der Waals surface area (Å²) in [5.41, 5.74) is 1.30. The maximum atomic E-state index is 12.4. The van der Waals surface area contributed by atoms with Gasteiger partial charge in [0.1, 0.15) is 11.6 Å². The highest BCUT2D eigenvalue weighted by Crippen LogP contribution is 2.24. The molecule has 7 nitrogen and oxygen atoms in total. The molecule has 26 heavy (non-hydrogen) atoms. The van der Waals surface area contributed by atoms with Crippen molar-refractivity contribution in [3.8, 4) is 0 Å². The number of piperazine rings is 1. The first-order valence-corrected chi connectivity index (χ1v) is 8.94. The van der Waals surface area contributed by atoms with Gasteiger partial charge in [-0.2, -0.15) is 5.10 Å². The molecule has 0 saturated carbocycles. The molecule has 1 aromatic carbocycles. The monoisotopic (exact) mass is 376 g/mol. The zero-order valence-electron chi connectivity index (χ0n) is 14.6. The van der Waals surface area contributed by atoms with Crippen LogP contribution in [0, 0.1) is 0 Å². The third-order valence-corrected chi connectivity index (χ3v) is 4.65. The highest BCUT2D eigenvalue weighted by molar-refractivity contribution is 6.33. The fourth-order valence-corrected chi connectivity index (χ4v) is 3.23. The number of ether oxygens (including phenoxy) is 1. The van der Waals surface area contributed by atoms with Crippen LogP contribution in [0.3, 0.4) is 0 Å². The van der Waals surface area contributed by atoms with Gasteiger partial charge in [-0.15, -0.1) is 0 Å². The second-order valence-electron chi connectivity index (χ2n) is 5.92. The van der Waals surface area contributed by atoms with Gasteiger partial charge in [-0.3, -0.25) is 9.59 Å². The van der Waals surface area contributed by atoms with Gasteiger partial charge in [-0.05, 0) is 19.1 Å². The van der Waals surface area contributed by atoms with Crippen molar-refractivity contribution in [2.24, 2.45) is 0 Å². The van der Waals surface area contributed by atoms with Crippen molar-refractivity contribution in [1.29, 1.82) is 0 Å². The van der Waals surface area contributed by atoms with Gasteiger partial charge >= 0.3 is 5.97 Å². The summed E-state index contributed by atoms with van der Waals surface area (Å²) in [5.74, 6) is -0.512. The Kier molecular flexibility index (Phi) is 5.78. The van der Waals surface area contributed by atoms with E-state index in [1.807, 2.05) is 23.1 Å². The zero-order chi connectivity index (χ0) is 18.5. The molecule has 138 valence electrons. The number of para-hydroxylation sites is 1. The van der Waals surface area contributed by atoms with E-state index >= 15 is 0 Å². The summed E-state index contributed by atoms with van der Waals surface area (Å²) in [5, 5.41) is 4.16. The normalized spacial score (nSPS) is 14.4. The molecular formula is C18H21ClN4O3. The Balaban J connectivity index is 1.70. The first-order valence-electron chi connectivity index (χ1n) is 8.56. The van der Waals surface area contributed by atoms with Crippen molar-refractivity contribution in [2.75, 3.05) is 42.6 Å². The molecular weight excluding hydrogens is 356 g/mol. The second-order valence-corrected chi connectivity index (χ2v) is 6.30. The summed E-state index contributed by atoms with van der Waals surface area (Å²) in [6, 6.07) is 10.2. The van der Waals surface area contributed by atoms with Crippen LogP contribution in [0.25, 0.3) is 0 Å². The molecule has 3 rings (SSSR count). The minimum atomic E-state index is -0.512. The van der Waals surface area contributed by atoms with E-state index in [0.717, 1.165) is 30.9 Å². The number of aromatic nitrogens is 2. The average Bonchev–Trinajstić information content (AvgIpc) is 2.67. The predicted octanol–water partition coefficient (Wildman–Crippen LogP) is 1.79. The SMILES string of the molecule is CCOC(=O)Cn1ncc(N2CCN(c3ccccc3)CC2)c(Cl)c1=O. The lowest BCUT2D eigenvalue weighted by Gasteiger charge is -2.37. The highest BCUT2D eigenvalue weighted by atomic mass is 35.5. The molecule has 0 radical (unpaired) electrons. The van der Waals surface area contributed by atoms with E-state index in [-0.39, 0.29) is 18.2 Å². The van der Waals surface area contributed by atoms with Crippen LogP contribution in [0.2, 0.25) is 5.02 Å². The molecule has 0 unspecified atom stereocenters. The summed E-state index contributed by atoms with van der Waals surface area (Å²) >= 11 is 6.26. The number of hydrogen-bond acceptors (Lipinski definition) is 6. The van der Waals surface area contributed by atoms with Crippen molar-refractivity contribution in [3.63, 3.8) is 0 Å². The van der Waals surface area contributed by atoms with Crippen LogP contribution in [0.4, 0.5) is 11.4 Å². The van der Waals surface area contributed by atoms with Gasteiger partial charge in [0.05, 0.1) is 18.5 Å². The number of hydrogen-bond donors (Lipinski definition) is 0. The molecule has 0 aliphatic carbocycles. The van der Waals surface area contributed by atoms with Gasteiger partial charge in [0.2, 0.25) is 0 Å². The van der Waals surface area contributed by atoms with E-state index in [0.29, 0.717) is 5.69 Å². The summed E-state index contributed by atoms with van der Waals surface area (Å²) in [6.07, 6.45) is 1.54. The Morgan fingerprint density at radius 3 is 2.46 bits per heavy atom. The van der Waals surface area contributed by atoms with Crippen LogP contribution in [-0.4, -0.2) is 48.5 Å². The molecule has 0 N–H and O–H groups in total. The van der Waals surface area contributed by atoms with Crippen molar-refractivity contribution in [2.45, 2.75) is 13.5 Å². The van der Waals surface area contributed by atoms with Gasteiger partial charge < -0.3 is 14.5 Å². The van der Waals surface area contributed by atoms with Crippen LogP contribution >= 0.6 is 11.6 Å². The molecule has 8 heteroatoms. The molecule has 1 aromatic heterocycles. The first-order chi connectivity index (χ1) is 12.6. The quantitative estimate of drug-likeness (QED) is 0.741. The van der Waals surface area contributed by atoms with Gasteiger partial charge in [0.15, 0.2) is 0 Å². The van der Waals surface area contributed by atoms with Crippen molar-refractivity contribution in [3.05, 3.63) is 51.9 Å². The van der Waals surface area contributed by atoms with E-state index in [2.05, 4.69) is 22.1 Å². The molecule has 1 saturated heterocycles. The van der Waals surface area contributed by atoms with Crippen molar-refractivity contribution in [1.82, 2.24) is 9.78 Å². The Hall–Kier alpha value is -2.54. The smallest absolute Gasteiger partial charge is 0.327 e. The van der Waals surface area contributed by atoms with Gasteiger partial charge in [0.25, 0.3) is 5.56 Å². The van der Waals surface area contributed by atoms with E-state index < -0.39 is 11.5 Å². The molecule has 2 aromatic rings. The molecule has 1 aliphatic heterocycles. The van der Waals surface area contributed by atoms with Crippen LogP contribution in [0.15, 0.2) is 41.3 Å². The van der Waals surface area contributed by atoms with Crippen LogP contribution in [0.5, 0.6) is 0 Å². The Morgan fingerprint density at radius 1 is 1.15 bits per heavy atom. The van der Waals surface area contributed by atoms with Crippen LogP contribution in [-0.2, 0) is 16.1 Å². The van der Waals surface area contributed by atoms with Gasteiger partial charge in [-0.1, -0.05) is 29.8 Å². The number of benzene rings is 1. The number of nitrogens with zero attached hydrogens (tertiary/aromatic N) is 4. The lowest BCUT2D eigenvalue weighted by Crippen LogP contribution is -2.47. The molecule has 0 amide bonds. The molecule has 0 atom stereocenters. The minimum absolute atomic E-state index is 0.0810. The molecule has 1 fully saturated rings. The van der Waals surface area contributed by atoms with E-state index in [1.54, 1.807) is 13.1 Å². The lowest BCUT2D eigenvalue weighted by atomic mass is 10.2. The lowest BCUT2D eigenvalue weighted by molar-refractivity contribution is -0.144. The largest absolute Gasteiger partial charge is 0.465 e. The number of carbonyl (C=O) groups excluding carboxylic acids is 1. The minimum Gasteiger partial charge on any atom is -0.465 e. The number of anilines is 2. The standard InChI is InChI=1S/C18H21ClN4O3/c1-2-26-16(24)13-23-18(25)17(19)15(12-20-23)22-10-8-21(9-11-22)14-6-4-3-5-7-14/h3-7,12H,2,8-11,13H2,1H3. The van der Waals surface area contributed by atoms with Crippen molar-refractivity contribution < 1.29 is 9.53 Å². The van der Waals surface area contributed by atoms with Gasteiger partial charge in [-0.25, -0.2) is 4.68 Å². The number of halogens is 1. The Bertz CT molecular complexity index is 817. The Labute approximate surface area is 156 Å². The summed E-state index contributed by atoms with van der Waals surface area (Å²) in [4.78, 5) is 28.3. The summed E-state index contributed by atoms with van der Waals surface area (Å²) in [6.45, 7) is 4.84. The second kappa shape index (κ2) is 8.23. The Morgan fingerprint density at radius 2 is 1.81 bits per heavy atom. The topological polar surface area (TPSA) is 67.7 Å². The first kappa shape index (κ1) is 18.3. The molecule has 0 spiro atoms. The number of carbonyl (C=O) groups is 1. The molecule has 2 heterocycles. The molecule has 0 bridgehead atoms. The third-order valence-electron chi connectivity index (χ3n) is 4.29. The average molecular weight is 377 g/mol. The van der Waals surface area contributed by atoms with Crippen molar-refractivity contribution >= 4 is 28.9 Å². The van der Waals surface area contributed by atoms with Gasteiger partial charge in [0, 0.05) is 31.9 Å². The zero-order valence-corrected chi connectivity index (χ0v) is 15.4. The predicted molar refractivity (Wildman–Crippen MR) is 101 cm³/mol. The number of rotatable bonds is 5. The van der Waals surface area contributed by atoms with Crippen LogP contribution < -0.4 is 15.4 Å². The fraction of sp³-hybridized carbons (Fsp3) is 0.389. The van der Waals surface area contributed by atoms with E-state index in [1.165, 1.54) is 5.69 Å². The third kappa shape index (κ3) is 3.99. The molecule has 1 aliphatic rings. The summed E-state index contributed by atoms with van der Waals surface area (Å²) in [7, 11) is 0. The maximum absolute atomic E-state index is 12.4. The fourth-order valence-electron chi connectivity index (χ4n) is 2.96. The van der Waals surface area contributed by atoms with Crippen LogP contribution in [0.1, 0.15) is 6.92 Å². The maximum Gasteiger partial charge on any atom is 0.327 e.